The zero-order valence-corrected chi connectivity index (χ0v) is 13.9. The summed E-state index contributed by atoms with van der Waals surface area (Å²) in [4.78, 5) is 18.2. The lowest BCUT2D eigenvalue weighted by molar-refractivity contribution is -0.551. The van der Waals surface area contributed by atoms with Crippen LogP contribution in [0.5, 0.6) is 0 Å². The predicted molar refractivity (Wildman–Crippen MR) is 53.9 cm³/mol. The van der Waals surface area contributed by atoms with Gasteiger partial charge in [0.05, 0.1) is 5.06 Å². The summed E-state index contributed by atoms with van der Waals surface area (Å²) in [7, 11) is 0. The van der Waals surface area contributed by atoms with E-state index in [4.69, 9.17) is 0 Å². The molecule has 0 aromatic rings. The van der Waals surface area contributed by atoms with Crippen LogP contribution in [0.4, 0.5) is 79.0 Å². The normalized spacial score (nSPS) is 15.2. The molecule has 0 spiro atoms. The van der Waals surface area contributed by atoms with Crippen molar-refractivity contribution < 1.29 is 98.3 Å². The van der Waals surface area contributed by atoms with E-state index < -0.39 is 65.3 Å². The lowest BCUT2D eigenvalue weighted by Crippen LogP contribution is -2.57. The molecule has 0 aliphatic rings. The fourth-order valence-electron chi connectivity index (χ4n) is 1.20. The van der Waals surface area contributed by atoms with Gasteiger partial charge in [0.15, 0.2) is 0 Å². The first-order chi connectivity index (χ1) is 14.1. The maximum absolute atomic E-state index is 12.3. The highest BCUT2D eigenvalue weighted by atomic mass is 19.4. The molecule has 0 saturated carbocycles. The van der Waals surface area contributed by atoms with Gasteiger partial charge in [0.1, 0.15) is 0 Å². The molecule has 0 aromatic carbocycles. The smallest absolute Gasteiger partial charge is 0.347 e. The third-order valence-corrected chi connectivity index (χ3v) is 2.16. The van der Waals surface area contributed by atoms with E-state index in [1.807, 2.05) is 0 Å². The maximum atomic E-state index is 12.3. The molecule has 0 saturated heterocycles. The number of carbonyl (C=O) groups is 1. The Kier molecular flexibility index (Phi) is 8.77. The minimum absolute atomic E-state index is 2.27. The van der Waals surface area contributed by atoms with E-state index in [9.17, 15) is 83.8 Å². The topological polar surface area (TPSA) is 54.5 Å². The van der Waals surface area contributed by atoms with E-state index in [0.29, 0.717) is 0 Å². The molecule has 33 heavy (non-hydrogen) atoms. The summed E-state index contributed by atoms with van der Waals surface area (Å²) in [6.45, 7) is 0. The second-order valence-corrected chi connectivity index (χ2v) is 4.64. The summed E-state index contributed by atoms with van der Waals surface area (Å²) in [5.41, 5.74) is 0. The van der Waals surface area contributed by atoms with Crippen LogP contribution in [0.2, 0.25) is 0 Å². The summed E-state index contributed by atoms with van der Waals surface area (Å²) in [5.74, 6) is -4.04. The fraction of sp³-hybridized carbons (Fsp3) is 0.875. The van der Waals surface area contributed by atoms with Crippen LogP contribution >= 0.6 is 0 Å². The molecule has 0 unspecified atom stereocenters. The molecule has 0 amide bonds. The minimum Gasteiger partial charge on any atom is -0.347 e. The lowest BCUT2D eigenvalue weighted by Gasteiger charge is -2.33. The molecule has 25 heteroatoms. The van der Waals surface area contributed by atoms with Gasteiger partial charge in [-0.25, -0.2) is 14.5 Å². The van der Waals surface area contributed by atoms with Crippen molar-refractivity contribution in [2.75, 3.05) is 0 Å². The number of rotatable bonds is 6. The quantitative estimate of drug-likeness (QED) is 0.209. The van der Waals surface area contributed by atoms with Crippen molar-refractivity contribution >= 4 is 5.97 Å². The van der Waals surface area contributed by atoms with Crippen molar-refractivity contribution in [3.63, 3.8) is 0 Å². The van der Waals surface area contributed by atoms with Gasteiger partial charge >= 0.3 is 43.8 Å². The van der Waals surface area contributed by atoms with Crippen molar-refractivity contribution in [2.24, 2.45) is 0 Å². The third-order valence-electron chi connectivity index (χ3n) is 2.16. The summed E-state index contributed by atoms with van der Waals surface area (Å²) in [6.07, 6.45) is -47.1. The Morgan fingerprint density at radius 2 is 0.667 bits per heavy atom. The molecule has 198 valence electrons. The van der Waals surface area contributed by atoms with Crippen LogP contribution in [0, 0.1) is 0 Å². The van der Waals surface area contributed by atoms with Crippen LogP contribution in [-0.4, -0.2) is 65.3 Å². The fourth-order valence-corrected chi connectivity index (χ4v) is 1.20. The van der Waals surface area contributed by atoms with Crippen LogP contribution < -0.4 is 0 Å². The standard InChI is InChI=1S/C8HF18N3O4/c9-3(10,11)27(4(12,13)14)31-1(30)2(32-28(5(15,16)17)6(18,19)20)33-29(7(21,22)23)8(24,25)26/h2H. The Balaban J connectivity index is 6.44. The van der Waals surface area contributed by atoms with E-state index in [-0.39, 0.29) is 0 Å². The van der Waals surface area contributed by atoms with Crippen LogP contribution in [0.25, 0.3) is 0 Å². The number of nitrogens with zero attached hydrogens (tertiary/aromatic N) is 3. The van der Waals surface area contributed by atoms with Crippen molar-refractivity contribution in [2.45, 2.75) is 44.1 Å². The van der Waals surface area contributed by atoms with Crippen molar-refractivity contribution in [1.82, 2.24) is 15.2 Å². The highest BCUT2D eigenvalue weighted by Crippen LogP contribution is 2.39. The molecule has 0 rings (SSSR count). The number of alkyl halides is 18. The molecule has 0 aromatic heterocycles. The highest BCUT2D eigenvalue weighted by molar-refractivity contribution is 5.72. The number of hydroxylamine groups is 6. The molecule has 0 heterocycles. The van der Waals surface area contributed by atoms with Gasteiger partial charge in [0.25, 0.3) is 6.29 Å². The third kappa shape index (κ3) is 9.41. The second-order valence-electron chi connectivity index (χ2n) is 4.64. The summed E-state index contributed by atoms with van der Waals surface area (Å²) >= 11 is 0. The molecular formula is C8HF18N3O4. The van der Waals surface area contributed by atoms with Gasteiger partial charge in [-0.05, 0) is 0 Å². The van der Waals surface area contributed by atoms with Crippen LogP contribution in [0.1, 0.15) is 0 Å². The van der Waals surface area contributed by atoms with E-state index in [0.717, 1.165) is 0 Å². The first kappa shape index (κ1) is 31.0. The van der Waals surface area contributed by atoms with Gasteiger partial charge < -0.3 is 4.84 Å². The van der Waals surface area contributed by atoms with Gasteiger partial charge in [0, 0.05) is 10.1 Å². The SMILES string of the molecule is O=C(ON(C(F)(F)F)C(F)(F)F)C(ON(C(F)(F)F)C(F)(F)F)ON(C(F)(F)F)C(F)(F)F. The molecule has 0 radical (unpaired) electrons. The summed E-state index contributed by atoms with van der Waals surface area (Å²) < 4.78 is 221. The van der Waals surface area contributed by atoms with Crippen LogP contribution in [0.3, 0.4) is 0 Å². The molecule has 0 aliphatic carbocycles. The maximum Gasteiger partial charge on any atom is 0.500 e. The Morgan fingerprint density at radius 3 is 0.848 bits per heavy atom. The Morgan fingerprint density at radius 1 is 0.455 bits per heavy atom. The molecule has 7 nitrogen and oxygen atoms in total. The van der Waals surface area contributed by atoms with Gasteiger partial charge in [-0.3, -0.25) is 0 Å². The van der Waals surface area contributed by atoms with Crippen molar-refractivity contribution in [1.29, 1.82) is 0 Å². The zero-order valence-electron chi connectivity index (χ0n) is 13.9. The minimum atomic E-state index is -7.02. The first-order valence-corrected chi connectivity index (χ1v) is 6.46. The van der Waals surface area contributed by atoms with Gasteiger partial charge in [-0.1, -0.05) is 0 Å². The average molecular weight is 545 g/mol. The van der Waals surface area contributed by atoms with Gasteiger partial charge in [-0.2, -0.15) is 79.0 Å². The Labute approximate surface area is 165 Å². The summed E-state index contributed by atoms with van der Waals surface area (Å²) in [5, 5.41) is -10.4. The largest absolute Gasteiger partial charge is 0.500 e. The molecular weight excluding hydrogens is 544 g/mol. The Bertz CT molecular complexity index is 583. The number of hydrogen-bond donors (Lipinski definition) is 0. The van der Waals surface area contributed by atoms with Crippen molar-refractivity contribution in [3.05, 3.63) is 0 Å². The number of carbonyl (C=O) groups excluding carboxylic acids is 1. The molecule has 0 aliphatic heterocycles. The van der Waals surface area contributed by atoms with E-state index in [1.165, 1.54) is 0 Å². The Hall–Kier alpha value is -1.99. The monoisotopic (exact) mass is 545 g/mol. The summed E-state index contributed by atoms with van der Waals surface area (Å²) in [6, 6.07) is 0. The predicted octanol–water partition coefficient (Wildman–Crippen LogP) is 4.66. The lowest BCUT2D eigenvalue weighted by atomic mass is 10.6. The van der Waals surface area contributed by atoms with E-state index in [2.05, 4.69) is 14.5 Å². The zero-order chi connectivity index (χ0) is 27.0. The molecule has 0 atom stereocenters. The van der Waals surface area contributed by atoms with Gasteiger partial charge in [-0.15, -0.1) is 0 Å². The number of halogens is 18. The highest BCUT2D eigenvalue weighted by Gasteiger charge is 2.63. The van der Waals surface area contributed by atoms with E-state index >= 15 is 0 Å². The first-order valence-electron chi connectivity index (χ1n) is 6.46. The van der Waals surface area contributed by atoms with E-state index in [1.54, 1.807) is 0 Å². The molecule has 0 bridgehead atoms. The molecule has 0 fully saturated rings. The van der Waals surface area contributed by atoms with Crippen molar-refractivity contribution in [3.8, 4) is 0 Å². The van der Waals surface area contributed by atoms with Crippen LogP contribution in [-0.2, 0) is 19.3 Å². The second kappa shape index (κ2) is 9.34. The van der Waals surface area contributed by atoms with Crippen LogP contribution in [0.15, 0.2) is 0 Å². The number of hydrogen-bond acceptors (Lipinski definition) is 7. The molecule has 0 N–H and O–H groups in total. The van der Waals surface area contributed by atoms with Gasteiger partial charge in [0.2, 0.25) is 0 Å². The average Bonchev–Trinajstić information content (AvgIpc) is 2.44.